The Morgan fingerprint density at radius 2 is 1.86 bits per heavy atom. The lowest BCUT2D eigenvalue weighted by atomic mass is 9.95. The molecule has 3 aromatic rings. The van der Waals surface area contributed by atoms with Crippen LogP contribution >= 0.6 is 11.8 Å². The molecule has 2 aliphatic heterocycles. The van der Waals surface area contributed by atoms with Crippen LogP contribution in [-0.2, 0) is 17.8 Å². The third-order valence-electron chi connectivity index (χ3n) is 7.00. The Morgan fingerprint density at radius 1 is 1.03 bits per heavy atom. The van der Waals surface area contributed by atoms with Crippen molar-refractivity contribution in [1.82, 2.24) is 19.7 Å². The van der Waals surface area contributed by atoms with Gasteiger partial charge in [0.2, 0.25) is 0 Å². The largest absolute Gasteiger partial charge is 0.504 e. The lowest BCUT2D eigenvalue weighted by Crippen LogP contribution is -2.33. The van der Waals surface area contributed by atoms with Crippen molar-refractivity contribution in [2.24, 2.45) is 0 Å². The molecule has 35 heavy (non-hydrogen) atoms. The zero-order chi connectivity index (χ0) is 24.0. The molecule has 0 spiro atoms. The number of aromatic nitrogens is 3. The van der Waals surface area contributed by atoms with E-state index in [0.717, 1.165) is 80.8 Å². The van der Waals surface area contributed by atoms with Gasteiger partial charge in [-0.3, -0.25) is 4.90 Å². The molecule has 2 aliphatic rings. The summed E-state index contributed by atoms with van der Waals surface area (Å²) < 4.78 is 13.4. The summed E-state index contributed by atoms with van der Waals surface area (Å²) in [5.74, 6) is 3.16. The Bertz CT molecular complexity index is 1090. The minimum atomic E-state index is 0.243. The number of rotatable bonds is 9. The van der Waals surface area contributed by atoms with Crippen molar-refractivity contribution in [3.05, 3.63) is 65.5 Å². The fourth-order valence-electron chi connectivity index (χ4n) is 5.02. The van der Waals surface area contributed by atoms with Crippen molar-refractivity contribution in [2.75, 3.05) is 32.6 Å². The molecule has 186 valence electrons. The number of hydrogen-bond donors (Lipinski definition) is 1. The molecule has 0 amide bonds. The molecule has 2 saturated heterocycles. The van der Waals surface area contributed by atoms with Gasteiger partial charge in [0.15, 0.2) is 16.7 Å². The second-order valence-corrected chi connectivity index (χ2v) is 10.4. The van der Waals surface area contributed by atoms with E-state index in [1.807, 2.05) is 12.1 Å². The first-order valence-electron chi connectivity index (χ1n) is 12.5. The molecule has 8 heteroatoms. The van der Waals surface area contributed by atoms with Gasteiger partial charge in [0, 0.05) is 30.4 Å². The van der Waals surface area contributed by atoms with E-state index in [4.69, 9.17) is 14.6 Å². The van der Waals surface area contributed by atoms with Crippen LogP contribution in [0.4, 0.5) is 0 Å². The molecule has 1 aromatic heterocycles. The first-order valence-corrected chi connectivity index (χ1v) is 13.5. The number of hydrogen-bond acceptors (Lipinski definition) is 7. The zero-order valence-corrected chi connectivity index (χ0v) is 21.1. The first kappa shape index (κ1) is 24.2. The van der Waals surface area contributed by atoms with Gasteiger partial charge in [0.05, 0.1) is 19.8 Å². The molecule has 0 saturated carbocycles. The van der Waals surface area contributed by atoms with Crippen molar-refractivity contribution in [1.29, 1.82) is 0 Å². The van der Waals surface area contributed by atoms with E-state index in [0.29, 0.717) is 17.8 Å². The molecule has 0 bridgehead atoms. The highest BCUT2D eigenvalue weighted by Gasteiger charge is 2.27. The van der Waals surface area contributed by atoms with E-state index in [9.17, 15) is 5.11 Å². The Morgan fingerprint density at radius 3 is 2.60 bits per heavy atom. The van der Waals surface area contributed by atoms with E-state index >= 15 is 0 Å². The van der Waals surface area contributed by atoms with Crippen LogP contribution in [0.15, 0.2) is 53.7 Å². The van der Waals surface area contributed by atoms with Gasteiger partial charge >= 0.3 is 0 Å². The van der Waals surface area contributed by atoms with Gasteiger partial charge in [-0.1, -0.05) is 54.2 Å². The number of aromatic hydroxyl groups is 1. The van der Waals surface area contributed by atoms with Crippen LogP contribution in [0.2, 0.25) is 0 Å². The Labute approximate surface area is 211 Å². The molecule has 1 atom stereocenters. The lowest BCUT2D eigenvalue weighted by molar-refractivity contribution is 0.129. The molecule has 7 nitrogen and oxygen atoms in total. The predicted octanol–water partition coefficient (Wildman–Crippen LogP) is 4.69. The summed E-state index contributed by atoms with van der Waals surface area (Å²) >= 11 is 1.77. The highest BCUT2D eigenvalue weighted by molar-refractivity contribution is 7.99. The maximum absolute atomic E-state index is 10.5. The SMILES string of the molecule is COc1cccc(CN2CCC(c3nnc(SCC4CCCO4)n3Cc3ccccc3)CC2)c1O. The summed E-state index contributed by atoms with van der Waals surface area (Å²) in [7, 11) is 1.59. The van der Waals surface area contributed by atoms with Gasteiger partial charge in [-0.2, -0.15) is 0 Å². The van der Waals surface area contributed by atoms with E-state index in [1.54, 1.807) is 24.9 Å². The normalized spacial score (nSPS) is 19.3. The van der Waals surface area contributed by atoms with Gasteiger partial charge < -0.3 is 19.1 Å². The smallest absolute Gasteiger partial charge is 0.191 e. The van der Waals surface area contributed by atoms with Crippen molar-refractivity contribution >= 4 is 11.8 Å². The molecule has 1 unspecified atom stereocenters. The highest BCUT2D eigenvalue weighted by Crippen LogP contribution is 2.34. The summed E-state index contributed by atoms with van der Waals surface area (Å²) in [5, 5.41) is 20.8. The monoisotopic (exact) mass is 494 g/mol. The number of para-hydroxylation sites is 1. The maximum Gasteiger partial charge on any atom is 0.191 e. The van der Waals surface area contributed by atoms with Crippen LogP contribution in [0.25, 0.3) is 0 Å². The van der Waals surface area contributed by atoms with E-state index < -0.39 is 0 Å². The standard InChI is InChI=1S/C27H34N4O3S/c1-33-24-11-5-9-22(25(24)32)18-30-14-12-21(13-15-30)26-28-29-27(35-19-23-10-6-16-34-23)31(26)17-20-7-3-2-4-8-20/h2-5,7-9,11,21,23,32H,6,10,12-19H2,1H3. The Kier molecular flexibility index (Phi) is 7.91. The number of ether oxygens (including phenoxy) is 2. The summed E-state index contributed by atoms with van der Waals surface area (Å²) in [4.78, 5) is 2.40. The number of benzene rings is 2. The van der Waals surface area contributed by atoms with Gasteiger partial charge in [-0.15, -0.1) is 10.2 Å². The quantitative estimate of drug-likeness (QED) is 0.433. The number of likely N-dealkylation sites (tertiary alicyclic amines) is 1. The predicted molar refractivity (Wildman–Crippen MR) is 137 cm³/mol. The molecular weight excluding hydrogens is 460 g/mol. The van der Waals surface area contributed by atoms with Crippen LogP contribution < -0.4 is 4.74 Å². The third-order valence-corrected chi connectivity index (χ3v) is 8.10. The van der Waals surface area contributed by atoms with Gasteiger partial charge in [-0.25, -0.2) is 0 Å². The highest BCUT2D eigenvalue weighted by atomic mass is 32.2. The van der Waals surface area contributed by atoms with Crippen molar-refractivity contribution in [3.8, 4) is 11.5 Å². The fraction of sp³-hybridized carbons (Fsp3) is 0.481. The first-order chi connectivity index (χ1) is 17.2. The zero-order valence-electron chi connectivity index (χ0n) is 20.3. The van der Waals surface area contributed by atoms with Crippen LogP contribution in [0.3, 0.4) is 0 Å². The number of piperidine rings is 1. The van der Waals surface area contributed by atoms with Gasteiger partial charge in [0.1, 0.15) is 5.82 Å². The number of thioether (sulfide) groups is 1. The molecule has 5 rings (SSSR count). The second kappa shape index (κ2) is 11.5. The molecular formula is C27H34N4O3S. The fourth-order valence-corrected chi connectivity index (χ4v) is 6.03. The number of phenols is 1. The Balaban J connectivity index is 1.27. The van der Waals surface area contributed by atoms with E-state index in [-0.39, 0.29) is 5.75 Å². The van der Waals surface area contributed by atoms with E-state index in [1.165, 1.54) is 5.56 Å². The van der Waals surface area contributed by atoms with Gasteiger partial charge in [-0.05, 0) is 50.4 Å². The van der Waals surface area contributed by atoms with Crippen LogP contribution in [0.5, 0.6) is 11.5 Å². The molecule has 1 N–H and O–H groups in total. The Hall–Kier alpha value is -2.55. The van der Waals surface area contributed by atoms with Crippen LogP contribution in [0.1, 0.15) is 48.6 Å². The lowest BCUT2D eigenvalue weighted by Gasteiger charge is -2.32. The number of methoxy groups -OCH3 is 1. The van der Waals surface area contributed by atoms with Crippen LogP contribution in [0, 0.1) is 0 Å². The third kappa shape index (κ3) is 5.82. The minimum Gasteiger partial charge on any atom is -0.504 e. The average molecular weight is 495 g/mol. The summed E-state index contributed by atoms with van der Waals surface area (Å²) in [6.07, 6.45) is 4.65. The summed E-state index contributed by atoms with van der Waals surface area (Å²) in [6.45, 7) is 4.29. The van der Waals surface area contributed by atoms with Crippen molar-refractivity contribution in [3.63, 3.8) is 0 Å². The summed E-state index contributed by atoms with van der Waals surface area (Å²) in [6, 6.07) is 16.3. The molecule has 0 aliphatic carbocycles. The van der Waals surface area contributed by atoms with Crippen molar-refractivity contribution < 1.29 is 14.6 Å². The van der Waals surface area contributed by atoms with E-state index in [2.05, 4.69) is 44.9 Å². The van der Waals surface area contributed by atoms with Crippen molar-refractivity contribution in [2.45, 2.75) is 56.0 Å². The second-order valence-electron chi connectivity index (χ2n) is 9.38. The van der Waals surface area contributed by atoms with Gasteiger partial charge in [0.25, 0.3) is 0 Å². The van der Waals surface area contributed by atoms with Crippen LogP contribution in [-0.4, -0.2) is 63.4 Å². The number of phenolic OH excluding ortho intramolecular Hbond substituents is 1. The average Bonchev–Trinajstić information content (AvgIpc) is 3.55. The molecule has 3 heterocycles. The number of nitrogens with zero attached hydrogens (tertiary/aromatic N) is 4. The maximum atomic E-state index is 10.5. The topological polar surface area (TPSA) is 72.6 Å². The summed E-state index contributed by atoms with van der Waals surface area (Å²) in [5.41, 5.74) is 2.17. The molecule has 0 radical (unpaired) electrons. The molecule has 2 aromatic carbocycles. The minimum absolute atomic E-state index is 0.243. The molecule has 2 fully saturated rings.